The first-order valence-electron chi connectivity index (χ1n) is 6.50. The molecule has 0 bridgehead atoms. The number of thiophene rings is 1. The van der Waals surface area contributed by atoms with Gasteiger partial charge in [-0.25, -0.2) is 4.98 Å². The summed E-state index contributed by atoms with van der Waals surface area (Å²) in [6, 6.07) is 4.30. The summed E-state index contributed by atoms with van der Waals surface area (Å²) in [5, 5.41) is 12.3. The van der Waals surface area contributed by atoms with E-state index in [2.05, 4.69) is 27.9 Å². The number of nitrogens with zero attached hydrogens (tertiary/aromatic N) is 2. The third-order valence-electron chi connectivity index (χ3n) is 3.81. The molecule has 0 aliphatic heterocycles. The molecule has 4 heteroatoms. The summed E-state index contributed by atoms with van der Waals surface area (Å²) in [5.74, 6) is 1.67. The molecule has 0 aromatic carbocycles. The molecule has 3 atom stereocenters. The Balaban J connectivity index is 1.94. The van der Waals surface area contributed by atoms with Gasteiger partial charge in [0, 0.05) is 12.4 Å². The van der Waals surface area contributed by atoms with Crippen LogP contribution in [0.15, 0.2) is 29.9 Å². The van der Waals surface area contributed by atoms with Crippen molar-refractivity contribution in [2.24, 2.45) is 5.92 Å². The number of aliphatic hydroxyl groups is 1. The van der Waals surface area contributed by atoms with Crippen LogP contribution in [-0.2, 0) is 0 Å². The van der Waals surface area contributed by atoms with Crippen LogP contribution in [0.25, 0.3) is 10.7 Å². The number of hydrogen-bond acceptors (Lipinski definition) is 3. The maximum absolute atomic E-state index is 10.2. The summed E-state index contributed by atoms with van der Waals surface area (Å²) in [6.07, 6.45) is 6.65. The fraction of sp³-hybridized carbons (Fsp3) is 0.500. The summed E-state index contributed by atoms with van der Waals surface area (Å²) in [7, 11) is 0. The van der Waals surface area contributed by atoms with Gasteiger partial charge in [0.05, 0.1) is 17.0 Å². The zero-order chi connectivity index (χ0) is 12.5. The van der Waals surface area contributed by atoms with Crippen molar-refractivity contribution in [3.05, 3.63) is 29.9 Å². The van der Waals surface area contributed by atoms with Gasteiger partial charge in [-0.2, -0.15) is 0 Å². The van der Waals surface area contributed by atoms with Crippen molar-refractivity contribution in [1.82, 2.24) is 9.55 Å². The third-order valence-corrected chi connectivity index (χ3v) is 4.68. The standard InChI is InChI=1S/C14H18N2OS/c1-10-4-5-12(17)11(9-10)16-7-6-15-14(16)13-3-2-8-18-13/h2-3,6-8,10-12,17H,4-5,9H2,1H3. The van der Waals surface area contributed by atoms with Gasteiger partial charge in [0.2, 0.25) is 0 Å². The predicted octanol–water partition coefficient (Wildman–Crippen LogP) is 3.33. The molecule has 3 nitrogen and oxygen atoms in total. The van der Waals surface area contributed by atoms with Gasteiger partial charge in [0.1, 0.15) is 5.82 Å². The van der Waals surface area contributed by atoms with E-state index in [4.69, 9.17) is 0 Å². The van der Waals surface area contributed by atoms with Crippen molar-refractivity contribution in [3.63, 3.8) is 0 Å². The Morgan fingerprint density at radius 3 is 3.11 bits per heavy atom. The van der Waals surface area contributed by atoms with E-state index in [-0.39, 0.29) is 12.1 Å². The van der Waals surface area contributed by atoms with Crippen LogP contribution in [0.1, 0.15) is 32.2 Å². The Bertz CT molecular complexity index is 506. The van der Waals surface area contributed by atoms with Gasteiger partial charge in [-0.3, -0.25) is 0 Å². The highest BCUT2D eigenvalue weighted by Crippen LogP contribution is 2.35. The Labute approximate surface area is 111 Å². The second-order valence-electron chi connectivity index (χ2n) is 5.19. The van der Waals surface area contributed by atoms with E-state index in [1.165, 1.54) is 4.88 Å². The van der Waals surface area contributed by atoms with Gasteiger partial charge in [-0.15, -0.1) is 11.3 Å². The molecule has 1 N–H and O–H groups in total. The maximum Gasteiger partial charge on any atom is 0.150 e. The number of aliphatic hydroxyl groups excluding tert-OH is 1. The van der Waals surface area contributed by atoms with Crippen LogP contribution >= 0.6 is 11.3 Å². The zero-order valence-electron chi connectivity index (χ0n) is 10.5. The van der Waals surface area contributed by atoms with Crippen LogP contribution in [0, 0.1) is 5.92 Å². The highest BCUT2D eigenvalue weighted by Gasteiger charge is 2.29. The first-order chi connectivity index (χ1) is 8.75. The second-order valence-corrected chi connectivity index (χ2v) is 6.14. The molecule has 2 heterocycles. The minimum absolute atomic E-state index is 0.174. The highest BCUT2D eigenvalue weighted by atomic mass is 32.1. The third kappa shape index (κ3) is 2.10. The molecule has 1 aliphatic carbocycles. The molecule has 96 valence electrons. The SMILES string of the molecule is CC1CCC(O)C(n2ccnc2-c2cccs2)C1. The minimum Gasteiger partial charge on any atom is -0.391 e. The van der Waals surface area contributed by atoms with Crippen molar-refractivity contribution in [2.45, 2.75) is 38.3 Å². The lowest BCUT2D eigenvalue weighted by molar-refractivity contribution is 0.0585. The number of imidazole rings is 1. The van der Waals surface area contributed by atoms with E-state index in [0.717, 1.165) is 25.1 Å². The highest BCUT2D eigenvalue weighted by molar-refractivity contribution is 7.13. The van der Waals surface area contributed by atoms with Crippen molar-refractivity contribution < 1.29 is 5.11 Å². The van der Waals surface area contributed by atoms with E-state index in [1.54, 1.807) is 11.3 Å². The van der Waals surface area contributed by atoms with E-state index in [0.29, 0.717) is 5.92 Å². The largest absolute Gasteiger partial charge is 0.391 e. The van der Waals surface area contributed by atoms with Gasteiger partial charge in [0.15, 0.2) is 0 Å². The summed E-state index contributed by atoms with van der Waals surface area (Å²) in [4.78, 5) is 5.63. The minimum atomic E-state index is -0.242. The first-order valence-corrected chi connectivity index (χ1v) is 7.38. The number of aromatic nitrogens is 2. The molecule has 1 saturated carbocycles. The molecule has 2 aromatic heterocycles. The zero-order valence-corrected chi connectivity index (χ0v) is 11.3. The molecular formula is C14H18N2OS. The van der Waals surface area contributed by atoms with E-state index in [1.807, 2.05) is 18.5 Å². The normalized spacial score (nSPS) is 28.4. The van der Waals surface area contributed by atoms with Crippen molar-refractivity contribution in [1.29, 1.82) is 0 Å². The maximum atomic E-state index is 10.2. The van der Waals surface area contributed by atoms with Gasteiger partial charge in [-0.1, -0.05) is 13.0 Å². The van der Waals surface area contributed by atoms with Crippen LogP contribution in [0.4, 0.5) is 0 Å². The summed E-state index contributed by atoms with van der Waals surface area (Å²) < 4.78 is 2.16. The molecule has 3 rings (SSSR count). The van der Waals surface area contributed by atoms with Crippen LogP contribution in [0.3, 0.4) is 0 Å². The predicted molar refractivity (Wildman–Crippen MR) is 73.6 cm³/mol. The molecule has 0 spiro atoms. The molecule has 0 radical (unpaired) electrons. The smallest absolute Gasteiger partial charge is 0.150 e. The summed E-state index contributed by atoms with van der Waals surface area (Å²) in [6.45, 7) is 2.26. The summed E-state index contributed by atoms with van der Waals surface area (Å²) in [5.41, 5.74) is 0. The van der Waals surface area contributed by atoms with Gasteiger partial charge >= 0.3 is 0 Å². The Hall–Kier alpha value is -1.13. The van der Waals surface area contributed by atoms with Crippen molar-refractivity contribution in [2.75, 3.05) is 0 Å². The van der Waals surface area contributed by atoms with E-state index < -0.39 is 0 Å². The molecular weight excluding hydrogens is 244 g/mol. The van der Waals surface area contributed by atoms with Gasteiger partial charge in [-0.05, 0) is 36.6 Å². The molecule has 0 saturated heterocycles. The molecule has 1 fully saturated rings. The van der Waals surface area contributed by atoms with Crippen molar-refractivity contribution in [3.8, 4) is 10.7 Å². The number of rotatable bonds is 2. The lowest BCUT2D eigenvalue weighted by Crippen LogP contribution is -2.30. The number of hydrogen-bond donors (Lipinski definition) is 1. The van der Waals surface area contributed by atoms with Gasteiger partial charge in [0.25, 0.3) is 0 Å². The van der Waals surface area contributed by atoms with E-state index >= 15 is 0 Å². The lowest BCUT2D eigenvalue weighted by atomic mass is 9.85. The van der Waals surface area contributed by atoms with Crippen LogP contribution in [-0.4, -0.2) is 20.8 Å². The molecule has 18 heavy (non-hydrogen) atoms. The van der Waals surface area contributed by atoms with Crippen molar-refractivity contribution >= 4 is 11.3 Å². The Morgan fingerprint density at radius 1 is 1.44 bits per heavy atom. The molecule has 0 amide bonds. The first kappa shape index (κ1) is 11.9. The molecule has 2 aromatic rings. The van der Waals surface area contributed by atoms with Crippen LogP contribution in [0.2, 0.25) is 0 Å². The fourth-order valence-corrected chi connectivity index (χ4v) is 3.54. The monoisotopic (exact) mass is 262 g/mol. The average Bonchev–Trinajstić information content (AvgIpc) is 3.00. The summed E-state index contributed by atoms with van der Waals surface area (Å²) >= 11 is 1.70. The fourth-order valence-electron chi connectivity index (χ4n) is 2.81. The van der Waals surface area contributed by atoms with Gasteiger partial charge < -0.3 is 9.67 Å². The topological polar surface area (TPSA) is 38.0 Å². The molecule has 3 unspecified atom stereocenters. The quantitative estimate of drug-likeness (QED) is 0.901. The van der Waals surface area contributed by atoms with E-state index in [9.17, 15) is 5.11 Å². The second kappa shape index (κ2) is 4.86. The Kier molecular flexibility index (Phi) is 3.22. The van der Waals surface area contributed by atoms with Crippen LogP contribution < -0.4 is 0 Å². The average molecular weight is 262 g/mol. The van der Waals surface area contributed by atoms with Crippen LogP contribution in [0.5, 0.6) is 0 Å². The molecule has 1 aliphatic rings. The Morgan fingerprint density at radius 2 is 2.33 bits per heavy atom. The lowest BCUT2D eigenvalue weighted by Gasteiger charge is -2.33.